The molecule has 1 saturated carbocycles. The molecule has 1 aromatic heterocycles. The third-order valence-electron chi connectivity index (χ3n) is 3.10. The van der Waals surface area contributed by atoms with Crippen LogP contribution in [0.4, 0.5) is 0 Å². The summed E-state index contributed by atoms with van der Waals surface area (Å²) < 4.78 is 2.87. The SMILES string of the molecule is CCn1c(CC2CCCC2)n[nH]c1=S. The Labute approximate surface area is 89.5 Å². The van der Waals surface area contributed by atoms with E-state index in [2.05, 4.69) is 21.7 Å². The Morgan fingerprint density at radius 1 is 1.50 bits per heavy atom. The quantitative estimate of drug-likeness (QED) is 0.780. The standard InChI is InChI=1S/C10H17N3S/c1-2-13-9(11-12-10(13)14)7-8-5-3-4-6-8/h8H,2-7H2,1H3,(H,12,14). The Morgan fingerprint density at radius 3 is 2.86 bits per heavy atom. The molecular weight excluding hydrogens is 194 g/mol. The molecule has 1 aromatic rings. The highest BCUT2D eigenvalue weighted by Crippen LogP contribution is 2.27. The predicted octanol–water partition coefficient (Wildman–Crippen LogP) is 2.69. The van der Waals surface area contributed by atoms with Gasteiger partial charge in [0.25, 0.3) is 0 Å². The molecule has 0 aliphatic heterocycles. The molecule has 0 radical (unpaired) electrons. The van der Waals surface area contributed by atoms with Crippen LogP contribution in [0.2, 0.25) is 0 Å². The summed E-state index contributed by atoms with van der Waals surface area (Å²) in [5.74, 6) is 1.98. The molecule has 1 heterocycles. The molecule has 1 N–H and O–H groups in total. The van der Waals surface area contributed by atoms with Crippen molar-refractivity contribution in [2.45, 2.75) is 45.6 Å². The van der Waals surface area contributed by atoms with E-state index in [1.165, 1.54) is 25.7 Å². The second-order valence-corrected chi connectivity index (χ2v) is 4.43. The normalized spacial score (nSPS) is 17.8. The lowest BCUT2D eigenvalue weighted by Gasteiger charge is -2.08. The molecule has 2 rings (SSSR count). The molecule has 0 bridgehead atoms. The first-order valence-corrected chi connectivity index (χ1v) is 5.86. The number of hydrogen-bond donors (Lipinski definition) is 1. The molecule has 0 atom stereocenters. The summed E-state index contributed by atoms with van der Waals surface area (Å²) in [4.78, 5) is 0. The van der Waals surface area contributed by atoms with Crippen LogP contribution in [0.3, 0.4) is 0 Å². The van der Waals surface area contributed by atoms with Gasteiger partial charge in [0.1, 0.15) is 5.82 Å². The zero-order valence-electron chi connectivity index (χ0n) is 8.62. The zero-order chi connectivity index (χ0) is 9.97. The van der Waals surface area contributed by atoms with Crippen molar-refractivity contribution in [2.24, 2.45) is 5.92 Å². The van der Waals surface area contributed by atoms with Gasteiger partial charge in [-0.1, -0.05) is 25.7 Å². The van der Waals surface area contributed by atoms with E-state index in [4.69, 9.17) is 12.2 Å². The molecule has 3 nitrogen and oxygen atoms in total. The zero-order valence-corrected chi connectivity index (χ0v) is 9.44. The fraction of sp³-hybridized carbons (Fsp3) is 0.800. The maximum atomic E-state index is 5.16. The van der Waals surface area contributed by atoms with Crippen molar-refractivity contribution in [3.05, 3.63) is 10.6 Å². The predicted molar refractivity (Wildman–Crippen MR) is 58.7 cm³/mol. The number of rotatable bonds is 3. The molecule has 1 fully saturated rings. The van der Waals surface area contributed by atoms with Gasteiger partial charge < -0.3 is 4.57 Å². The average molecular weight is 211 g/mol. The van der Waals surface area contributed by atoms with Crippen molar-refractivity contribution < 1.29 is 0 Å². The Balaban J connectivity index is 2.11. The van der Waals surface area contributed by atoms with Gasteiger partial charge in [0.05, 0.1) is 0 Å². The van der Waals surface area contributed by atoms with Crippen LogP contribution in [0.5, 0.6) is 0 Å². The molecule has 1 aliphatic rings. The van der Waals surface area contributed by atoms with Gasteiger partial charge in [-0.2, -0.15) is 5.10 Å². The average Bonchev–Trinajstić information content (AvgIpc) is 2.77. The lowest BCUT2D eigenvalue weighted by atomic mass is 10.0. The van der Waals surface area contributed by atoms with E-state index in [-0.39, 0.29) is 0 Å². The summed E-state index contributed by atoms with van der Waals surface area (Å²) in [6.07, 6.45) is 6.61. The van der Waals surface area contributed by atoms with Gasteiger partial charge in [-0.15, -0.1) is 0 Å². The van der Waals surface area contributed by atoms with Crippen LogP contribution in [0.25, 0.3) is 0 Å². The van der Waals surface area contributed by atoms with Gasteiger partial charge in [0.2, 0.25) is 0 Å². The van der Waals surface area contributed by atoms with Crippen LogP contribution >= 0.6 is 12.2 Å². The summed E-state index contributed by atoms with van der Waals surface area (Å²) >= 11 is 5.16. The summed E-state index contributed by atoms with van der Waals surface area (Å²) in [6.45, 7) is 3.04. The number of hydrogen-bond acceptors (Lipinski definition) is 2. The molecule has 0 amide bonds. The van der Waals surface area contributed by atoms with Gasteiger partial charge in [0.15, 0.2) is 4.77 Å². The van der Waals surface area contributed by atoms with Crippen LogP contribution in [-0.4, -0.2) is 14.8 Å². The third-order valence-corrected chi connectivity index (χ3v) is 3.41. The van der Waals surface area contributed by atoms with Gasteiger partial charge in [-0.25, -0.2) is 0 Å². The minimum absolute atomic E-state index is 0.764. The molecule has 0 unspecified atom stereocenters. The number of nitrogens with one attached hydrogen (secondary N) is 1. The number of aromatic amines is 1. The van der Waals surface area contributed by atoms with Crippen molar-refractivity contribution in [2.75, 3.05) is 0 Å². The number of H-pyrrole nitrogens is 1. The second kappa shape index (κ2) is 4.26. The van der Waals surface area contributed by atoms with Crippen molar-refractivity contribution in [1.82, 2.24) is 14.8 Å². The van der Waals surface area contributed by atoms with E-state index in [9.17, 15) is 0 Å². The van der Waals surface area contributed by atoms with E-state index in [0.717, 1.165) is 29.5 Å². The van der Waals surface area contributed by atoms with Crippen molar-refractivity contribution in [3.63, 3.8) is 0 Å². The highest BCUT2D eigenvalue weighted by Gasteiger charge is 2.18. The highest BCUT2D eigenvalue weighted by atomic mass is 32.1. The minimum Gasteiger partial charge on any atom is -0.304 e. The lowest BCUT2D eigenvalue weighted by molar-refractivity contribution is 0.511. The molecule has 78 valence electrons. The Kier molecular flexibility index (Phi) is 3.01. The van der Waals surface area contributed by atoms with Crippen LogP contribution in [-0.2, 0) is 13.0 Å². The molecule has 0 aromatic carbocycles. The van der Waals surface area contributed by atoms with Crippen LogP contribution in [0.1, 0.15) is 38.4 Å². The fourth-order valence-corrected chi connectivity index (χ4v) is 2.59. The van der Waals surface area contributed by atoms with E-state index in [1.807, 2.05) is 0 Å². The highest BCUT2D eigenvalue weighted by molar-refractivity contribution is 7.71. The largest absolute Gasteiger partial charge is 0.304 e. The number of nitrogens with zero attached hydrogens (tertiary/aromatic N) is 2. The van der Waals surface area contributed by atoms with Gasteiger partial charge in [-0.3, -0.25) is 5.10 Å². The summed E-state index contributed by atoms with van der Waals surface area (Å²) in [5, 5.41) is 7.17. The summed E-state index contributed by atoms with van der Waals surface area (Å²) in [5.41, 5.74) is 0. The molecule has 1 aliphatic carbocycles. The first-order chi connectivity index (χ1) is 6.81. The lowest BCUT2D eigenvalue weighted by Crippen LogP contribution is -2.07. The minimum atomic E-state index is 0.764. The van der Waals surface area contributed by atoms with Crippen molar-refractivity contribution >= 4 is 12.2 Å². The van der Waals surface area contributed by atoms with Crippen LogP contribution in [0, 0.1) is 10.7 Å². The second-order valence-electron chi connectivity index (χ2n) is 4.04. The van der Waals surface area contributed by atoms with Gasteiger partial charge >= 0.3 is 0 Å². The summed E-state index contributed by atoms with van der Waals surface area (Å²) in [6, 6.07) is 0. The van der Waals surface area contributed by atoms with Crippen molar-refractivity contribution in [3.8, 4) is 0 Å². The van der Waals surface area contributed by atoms with E-state index in [1.54, 1.807) is 0 Å². The number of aromatic nitrogens is 3. The first kappa shape index (κ1) is 9.90. The Hall–Kier alpha value is -0.640. The maximum Gasteiger partial charge on any atom is 0.195 e. The van der Waals surface area contributed by atoms with Gasteiger partial charge in [0, 0.05) is 13.0 Å². The Morgan fingerprint density at radius 2 is 2.21 bits per heavy atom. The van der Waals surface area contributed by atoms with E-state index >= 15 is 0 Å². The molecular formula is C10H17N3S. The molecule has 0 spiro atoms. The monoisotopic (exact) mass is 211 g/mol. The molecule has 4 heteroatoms. The molecule has 14 heavy (non-hydrogen) atoms. The van der Waals surface area contributed by atoms with Crippen LogP contribution in [0.15, 0.2) is 0 Å². The fourth-order valence-electron chi connectivity index (χ4n) is 2.30. The topological polar surface area (TPSA) is 33.6 Å². The van der Waals surface area contributed by atoms with E-state index < -0.39 is 0 Å². The molecule has 0 saturated heterocycles. The van der Waals surface area contributed by atoms with E-state index in [0.29, 0.717) is 0 Å². The van der Waals surface area contributed by atoms with Gasteiger partial charge in [-0.05, 0) is 25.1 Å². The van der Waals surface area contributed by atoms with Crippen LogP contribution < -0.4 is 0 Å². The Bertz CT molecular complexity index is 346. The maximum absolute atomic E-state index is 5.16. The summed E-state index contributed by atoms with van der Waals surface area (Å²) in [7, 11) is 0. The smallest absolute Gasteiger partial charge is 0.195 e. The van der Waals surface area contributed by atoms with Crippen molar-refractivity contribution in [1.29, 1.82) is 0 Å². The third kappa shape index (κ3) is 1.90. The first-order valence-electron chi connectivity index (χ1n) is 5.45.